The van der Waals surface area contributed by atoms with Gasteiger partial charge < -0.3 is 15.4 Å². The molecule has 0 bridgehead atoms. The maximum absolute atomic E-state index is 16.4. The molecule has 3 rings (SSSR count). The van der Waals surface area contributed by atoms with Crippen molar-refractivity contribution >= 4 is 6.09 Å². The van der Waals surface area contributed by atoms with Crippen molar-refractivity contribution in [2.45, 2.75) is 31.2 Å². The summed E-state index contributed by atoms with van der Waals surface area (Å²) < 4.78 is 21.8. The van der Waals surface area contributed by atoms with Crippen LogP contribution in [0.15, 0.2) is 60.7 Å². The van der Waals surface area contributed by atoms with Crippen molar-refractivity contribution in [1.82, 2.24) is 10.6 Å². The third-order valence-corrected chi connectivity index (χ3v) is 4.55. The van der Waals surface area contributed by atoms with Crippen molar-refractivity contribution in [2.24, 2.45) is 0 Å². The molecule has 1 aliphatic heterocycles. The van der Waals surface area contributed by atoms with Gasteiger partial charge in [-0.25, -0.2) is 9.18 Å². The van der Waals surface area contributed by atoms with Crippen molar-refractivity contribution in [3.8, 4) is 0 Å². The van der Waals surface area contributed by atoms with Crippen molar-refractivity contribution in [1.29, 1.82) is 0 Å². The maximum Gasteiger partial charge on any atom is 0.407 e. The van der Waals surface area contributed by atoms with Crippen LogP contribution in [0.3, 0.4) is 0 Å². The fourth-order valence-corrected chi connectivity index (χ4v) is 3.36. The van der Waals surface area contributed by atoms with Crippen molar-refractivity contribution in [3.63, 3.8) is 0 Å². The third-order valence-electron chi connectivity index (χ3n) is 4.55. The molecule has 1 amide bonds. The summed E-state index contributed by atoms with van der Waals surface area (Å²) in [5.74, 6) is 0. The summed E-state index contributed by atoms with van der Waals surface area (Å²) in [5.41, 5.74) is -0.503. The van der Waals surface area contributed by atoms with Crippen LogP contribution >= 0.6 is 0 Å². The molecule has 4 nitrogen and oxygen atoms in total. The Labute approximate surface area is 147 Å². The quantitative estimate of drug-likeness (QED) is 0.876. The van der Waals surface area contributed by atoms with E-state index in [1.807, 2.05) is 43.3 Å². The standard InChI is InChI=1S/C20H23FN2O2/c1-2-22-19(24)25-17-13-18(23-14-17)20(21,15-9-5-3-6-10-15)16-11-7-4-8-12-16/h3-12,17-18,23H,2,13-14H2,1H3,(H,22,24). The Balaban J connectivity index is 1.86. The highest BCUT2D eigenvalue weighted by molar-refractivity contribution is 5.67. The Bertz CT molecular complexity index is 654. The van der Waals surface area contributed by atoms with E-state index >= 15 is 4.39 Å². The highest BCUT2D eigenvalue weighted by Crippen LogP contribution is 2.40. The predicted molar refractivity (Wildman–Crippen MR) is 95.1 cm³/mol. The molecule has 1 fully saturated rings. The normalized spacial score (nSPS) is 20.2. The van der Waals surface area contributed by atoms with Crippen LogP contribution in [0, 0.1) is 0 Å². The first kappa shape index (κ1) is 17.4. The van der Waals surface area contributed by atoms with E-state index in [1.165, 1.54) is 0 Å². The van der Waals surface area contributed by atoms with Gasteiger partial charge in [-0.3, -0.25) is 0 Å². The summed E-state index contributed by atoms with van der Waals surface area (Å²) >= 11 is 0. The Morgan fingerprint density at radius 1 is 1.16 bits per heavy atom. The zero-order valence-corrected chi connectivity index (χ0v) is 14.2. The number of nitrogens with one attached hydrogen (secondary N) is 2. The van der Waals surface area contributed by atoms with Crippen molar-refractivity contribution < 1.29 is 13.9 Å². The summed E-state index contributed by atoms with van der Waals surface area (Å²) in [4.78, 5) is 11.6. The number of alkyl halides is 1. The van der Waals surface area contributed by atoms with E-state index in [0.29, 0.717) is 30.6 Å². The molecule has 2 unspecified atom stereocenters. The van der Waals surface area contributed by atoms with Gasteiger partial charge in [0.05, 0.1) is 6.04 Å². The number of alkyl carbamates (subject to hydrolysis) is 1. The summed E-state index contributed by atoms with van der Waals surface area (Å²) in [7, 11) is 0. The molecule has 0 aromatic heterocycles. The van der Waals surface area contributed by atoms with E-state index in [9.17, 15) is 4.79 Å². The van der Waals surface area contributed by atoms with Crippen LogP contribution in [-0.4, -0.2) is 31.3 Å². The van der Waals surface area contributed by atoms with Gasteiger partial charge in [-0.1, -0.05) is 60.7 Å². The van der Waals surface area contributed by atoms with E-state index in [2.05, 4.69) is 10.6 Å². The molecule has 0 aliphatic carbocycles. The monoisotopic (exact) mass is 342 g/mol. The fourth-order valence-electron chi connectivity index (χ4n) is 3.36. The van der Waals surface area contributed by atoms with Gasteiger partial charge in [0.15, 0.2) is 5.67 Å². The lowest BCUT2D eigenvalue weighted by Gasteiger charge is -2.32. The Morgan fingerprint density at radius 2 is 1.72 bits per heavy atom. The second kappa shape index (κ2) is 7.66. The number of rotatable bonds is 5. The second-order valence-corrected chi connectivity index (χ2v) is 6.20. The minimum absolute atomic E-state index is 0.348. The van der Waals surface area contributed by atoms with E-state index in [4.69, 9.17) is 4.74 Å². The average Bonchev–Trinajstić information content (AvgIpc) is 3.11. The van der Waals surface area contributed by atoms with Crippen LogP contribution in [0.1, 0.15) is 24.5 Å². The van der Waals surface area contributed by atoms with Crippen LogP contribution in [0.4, 0.5) is 9.18 Å². The molecule has 5 heteroatoms. The van der Waals surface area contributed by atoms with E-state index in [0.717, 1.165) is 0 Å². The lowest BCUT2D eigenvalue weighted by molar-refractivity contribution is 0.0983. The topological polar surface area (TPSA) is 50.4 Å². The number of benzene rings is 2. The molecule has 2 N–H and O–H groups in total. The third kappa shape index (κ3) is 3.66. The van der Waals surface area contributed by atoms with Gasteiger partial charge in [0, 0.05) is 19.5 Å². The van der Waals surface area contributed by atoms with Gasteiger partial charge in [0.25, 0.3) is 0 Å². The van der Waals surface area contributed by atoms with Gasteiger partial charge in [0.2, 0.25) is 0 Å². The van der Waals surface area contributed by atoms with Gasteiger partial charge in [-0.2, -0.15) is 0 Å². The molecule has 2 atom stereocenters. The highest BCUT2D eigenvalue weighted by atomic mass is 19.1. The van der Waals surface area contributed by atoms with Crippen LogP contribution in [0.2, 0.25) is 0 Å². The van der Waals surface area contributed by atoms with Gasteiger partial charge in [-0.05, 0) is 18.1 Å². The van der Waals surface area contributed by atoms with Crippen molar-refractivity contribution in [2.75, 3.05) is 13.1 Å². The summed E-state index contributed by atoms with van der Waals surface area (Å²) in [6, 6.07) is 17.8. The number of carbonyl (C=O) groups excluding carboxylic acids is 1. The first-order valence-corrected chi connectivity index (χ1v) is 8.62. The van der Waals surface area contributed by atoms with Gasteiger partial charge >= 0.3 is 6.09 Å². The van der Waals surface area contributed by atoms with Crippen LogP contribution < -0.4 is 10.6 Å². The molecular formula is C20H23FN2O2. The number of hydrogen-bond acceptors (Lipinski definition) is 3. The largest absolute Gasteiger partial charge is 0.445 e. The van der Waals surface area contributed by atoms with E-state index in [1.54, 1.807) is 24.3 Å². The minimum Gasteiger partial charge on any atom is -0.445 e. The minimum atomic E-state index is -1.69. The second-order valence-electron chi connectivity index (χ2n) is 6.20. The first-order valence-electron chi connectivity index (χ1n) is 8.62. The number of carbonyl (C=O) groups is 1. The van der Waals surface area contributed by atoms with Crippen LogP contribution in [0.25, 0.3) is 0 Å². The SMILES string of the molecule is CCNC(=O)OC1CNC(C(F)(c2ccccc2)c2ccccc2)C1. The molecule has 1 aliphatic rings. The molecule has 1 saturated heterocycles. The smallest absolute Gasteiger partial charge is 0.407 e. The van der Waals surface area contributed by atoms with E-state index < -0.39 is 17.8 Å². The Morgan fingerprint density at radius 3 is 2.24 bits per heavy atom. The van der Waals surface area contributed by atoms with Crippen molar-refractivity contribution in [3.05, 3.63) is 71.8 Å². The molecule has 25 heavy (non-hydrogen) atoms. The zero-order valence-electron chi connectivity index (χ0n) is 14.2. The summed E-state index contributed by atoms with van der Waals surface area (Å²) in [6.07, 6.45) is -0.393. The zero-order chi connectivity index (χ0) is 17.7. The Kier molecular flexibility index (Phi) is 5.34. The van der Waals surface area contributed by atoms with Crippen LogP contribution in [0.5, 0.6) is 0 Å². The fraction of sp³-hybridized carbons (Fsp3) is 0.350. The molecule has 0 radical (unpaired) electrons. The van der Waals surface area contributed by atoms with Gasteiger partial charge in [0.1, 0.15) is 6.10 Å². The summed E-state index contributed by atoms with van der Waals surface area (Å²) in [5, 5.41) is 5.82. The lowest BCUT2D eigenvalue weighted by Crippen LogP contribution is -2.42. The number of halogens is 1. The molecule has 2 aromatic rings. The molecule has 0 saturated carbocycles. The molecule has 2 aromatic carbocycles. The van der Waals surface area contributed by atoms with E-state index in [-0.39, 0.29) is 6.10 Å². The lowest BCUT2D eigenvalue weighted by atomic mass is 9.81. The molecule has 0 spiro atoms. The Hall–Kier alpha value is -2.40. The summed E-state index contributed by atoms with van der Waals surface area (Å²) in [6.45, 7) is 2.77. The number of ether oxygens (including phenoxy) is 1. The predicted octanol–water partition coefficient (Wildman–Crippen LogP) is 3.38. The van der Waals surface area contributed by atoms with Crippen LogP contribution in [-0.2, 0) is 10.4 Å². The molecular weight excluding hydrogens is 319 g/mol. The first-order chi connectivity index (χ1) is 12.1. The maximum atomic E-state index is 16.4. The average molecular weight is 342 g/mol. The highest BCUT2D eigenvalue weighted by Gasteiger charge is 2.46. The molecule has 1 heterocycles. The number of amides is 1. The van der Waals surface area contributed by atoms with Gasteiger partial charge in [-0.15, -0.1) is 0 Å². The molecule has 132 valence electrons. The number of hydrogen-bond donors (Lipinski definition) is 2.